The van der Waals surface area contributed by atoms with Crippen molar-refractivity contribution in [2.24, 2.45) is 5.73 Å². The summed E-state index contributed by atoms with van der Waals surface area (Å²) in [5, 5.41) is 6.22. The number of sulfonamides is 1. The molecule has 8 nitrogen and oxygen atoms in total. The first-order valence-corrected chi connectivity index (χ1v) is 7.79. The van der Waals surface area contributed by atoms with Crippen molar-refractivity contribution in [3.8, 4) is 0 Å². The van der Waals surface area contributed by atoms with E-state index in [4.69, 9.17) is 5.73 Å². The van der Waals surface area contributed by atoms with Crippen molar-refractivity contribution in [2.45, 2.75) is 31.0 Å². The Labute approximate surface area is 117 Å². The Hall–Kier alpha value is -1.71. The van der Waals surface area contributed by atoms with E-state index in [-0.39, 0.29) is 11.6 Å². The average Bonchev–Trinajstić information content (AvgIpc) is 3.09. The maximum absolute atomic E-state index is 12.0. The minimum absolute atomic E-state index is 0.0506. The molecule has 0 radical (unpaired) electrons. The van der Waals surface area contributed by atoms with Gasteiger partial charge in [-0.2, -0.15) is 5.10 Å². The minimum atomic E-state index is -3.56. The molecule has 2 aromatic rings. The van der Waals surface area contributed by atoms with Gasteiger partial charge < -0.3 is 10.3 Å². The molecule has 9 heteroatoms. The summed E-state index contributed by atoms with van der Waals surface area (Å²) in [6.45, 7) is 1.33. The van der Waals surface area contributed by atoms with Gasteiger partial charge in [-0.3, -0.25) is 5.10 Å². The second-order valence-corrected chi connectivity index (χ2v) is 6.04. The fourth-order valence-corrected chi connectivity index (χ4v) is 3.01. The van der Waals surface area contributed by atoms with E-state index in [9.17, 15) is 8.42 Å². The highest BCUT2D eigenvalue weighted by Crippen LogP contribution is 2.10. The largest absolute Gasteiger partial charge is 0.337 e. The summed E-state index contributed by atoms with van der Waals surface area (Å²) >= 11 is 0. The lowest BCUT2D eigenvalue weighted by atomic mass is 10.3. The minimum Gasteiger partial charge on any atom is -0.337 e. The number of aromatic nitrogens is 4. The zero-order valence-corrected chi connectivity index (χ0v) is 11.8. The van der Waals surface area contributed by atoms with Crippen molar-refractivity contribution in [1.29, 1.82) is 0 Å². The van der Waals surface area contributed by atoms with Crippen LogP contribution >= 0.6 is 0 Å². The van der Waals surface area contributed by atoms with Gasteiger partial charge >= 0.3 is 0 Å². The van der Waals surface area contributed by atoms with Crippen molar-refractivity contribution in [3.05, 3.63) is 30.5 Å². The molecule has 20 heavy (non-hydrogen) atoms. The SMILES string of the molecule is NCc1cn[nH]c1S(=O)(=O)NCCCCn1ccnc1. The lowest BCUT2D eigenvalue weighted by Gasteiger charge is -2.06. The Morgan fingerprint density at radius 1 is 1.40 bits per heavy atom. The van der Waals surface area contributed by atoms with Gasteiger partial charge in [-0.15, -0.1) is 0 Å². The first-order chi connectivity index (χ1) is 9.63. The standard InChI is InChI=1S/C11H18N6O2S/c12-7-10-8-14-16-11(10)20(18,19)15-3-1-2-5-17-6-4-13-9-17/h4,6,8-9,15H,1-3,5,7,12H2,(H,14,16). The number of imidazole rings is 1. The number of hydrogen-bond acceptors (Lipinski definition) is 5. The number of nitrogens with zero attached hydrogens (tertiary/aromatic N) is 3. The van der Waals surface area contributed by atoms with Gasteiger partial charge in [0.2, 0.25) is 0 Å². The molecule has 0 aliphatic rings. The Kier molecular flexibility index (Phi) is 4.88. The van der Waals surface area contributed by atoms with E-state index in [1.807, 2.05) is 10.8 Å². The van der Waals surface area contributed by atoms with Gasteiger partial charge in [0, 0.05) is 37.6 Å². The van der Waals surface area contributed by atoms with Crippen molar-refractivity contribution in [2.75, 3.05) is 6.54 Å². The van der Waals surface area contributed by atoms with Crippen LogP contribution in [0.25, 0.3) is 0 Å². The van der Waals surface area contributed by atoms with Gasteiger partial charge in [0.15, 0.2) is 5.03 Å². The van der Waals surface area contributed by atoms with E-state index in [1.165, 1.54) is 6.20 Å². The van der Waals surface area contributed by atoms with Gasteiger partial charge in [-0.1, -0.05) is 0 Å². The van der Waals surface area contributed by atoms with Crippen molar-refractivity contribution in [3.63, 3.8) is 0 Å². The molecule has 0 aromatic carbocycles. The predicted octanol–water partition coefficient (Wildman–Crippen LogP) is -0.176. The van der Waals surface area contributed by atoms with E-state index in [2.05, 4.69) is 19.9 Å². The number of rotatable bonds is 8. The average molecular weight is 298 g/mol. The summed E-state index contributed by atoms with van der Waals surface area (Å²) in [7, 11) is -3.56. The van der Waals surface area contributed by atoms with Crippen molar-refractivity contribution < 1.29 is 8.42 Å². The number of hydrogen-bond donors (Lipinski definition) is 3. The van der Waals surface area contributed by atoms with Crippen LogP contribution in [0.1, 0.15) is 18.4 Å². The molecule has 2 heterocycles. The fourth-order valence-electron chi connectivity index (χ4n) is 1.79. The molecule has 0 saturated carbocycles. The van der Waals surface area contributed by atoms with E-state index in [0.717, 1.165) is 19.4 Å². The molecule has 2 aromatic heterocycles. The third kappa shape index (κ3) is 3.65. The molecule has 0 aliphatic carbocycles. The lowest BCUT2D eigenvalue weighted by Crippen LogP contribution is -2.26. The Balaban J connectivity index is 1.78. The van der Waals surface area contributed by atoms with Gasteiger partial charge in [0.1, 0.15) is 0 Å². The highest BCUT2D eigenvalue weighted by molar-refractivity contribution is 7.89. The zero-order valence-electron chi connectivity index (χ0n) is 11.0. The second kappa shape index (κ2) is 6.64. The van der Waals surface area contributed by atoms with Gasteiger partial charge in [-0.05, 0) is 12.8 Å². The number of aromatic amines is 1. The molecule has 0 saturated heterocycles. The molecule has 110 valence electrons. The van der Waals surface area contributed by atoms with Crippen molar-refractivity contribution >= 4 is 10.0 Å². The maximum atomic E-state index is 12.0. The van der Waals surface area contributed by atoms with E-state index in [1.54, 1.807) is 12.5 Å². The molecule has 2 rings (SSSR count). The van der Waals surface area contributed by atoms with Crippen LogP contribution in [-0.4, -0.2) is 34.7 Å². The van der Waals surface area contributed by atoms with Crippen molar-refractivity contribution in [1.82, 2.24) is 24.5 Å². The van der Waals surface area contributed by atoms with Crippen LogP contribution in [0, 0.1) is 0 Å². The highest BCUT2D eigenvalue weighted by Gasteiger charge is 2.19. The lowest BCUT2D eigenvalue weighted by molar-refractivity contribution is 0.562. The second-order valence-electron chi connectivity index (χ2n) is 4.33. The van der Waals surface area contributed by atoms with Crippen LogP contribution in [0.2, 0.25) is 0 Å². The molecule has 4 N–H and O–H groups in total. The summed E-state index contributed by atoms with van der Waals surface area (Å²) in [5.41, 5.74) is 5.94. The van der Waals surface area contributed by atoms with Crippen LogP contribution in [0.4, 0.5) is 0 Å². The molecule has 0 spiro atoms. The maximum Gasteiger partial charge on any atom is 0.257 e. The van der Waals surface area contributed by atoms with Crippen LogP contribution in [0.3, 0.4) is 0 Å². The normalized spacial score (nSPS) is 11.8. The topological polar surface area (TPSA) is 119 Å². The molecular formula is C11H18N6O2S. The van der Waals surface area contributed by atoms with E-state index >= 15 is 0 Å². The Morgan fingerprint density at radius 2 is 2.25 bits per heavy atom. The summed E-state index contributed by atoms with van der Waals surface area (Å²) in [4.78, 5) is 3.94. The predicted molar refractivity (Wildman–Crippen MR) is 73.1 cm³/mol. The first-order valence-electron chi connectivity index (χ1n) is 6.31. The van der Waals surface area contributed by atoms with E-state index in [0.29, 0.717) is 12.1 Å². The monoisotopic (exact) mass is 298 g/mol. The summed E-state index contributed by atoms with van der Waals surface area (Å²) in [6, 6.07) is 0. The molecule has 0 aliphatic heterocycles. The number of nitrogens with one attached hydrogen (secondary N) is 2. The Morgan fingerprint density at radius 3 is 2.95 bits per heavy atom. The molecule has 0 fully saturated rings. The number of aryl methyl sites for hydroxylation is 1. The molecule has 0 unspecified atom stereocenters. The van der Waals surface area contributed by atoms with E-state index < -0.39 is 10.0 Å². The fraction of sp³-hybridized carbons (Fsp3) is 0.455. The molecule has 0 atom stereocenters. The third-order valence-corrected chi connectivity index (χ3v) is 4.34. The summed E-state index contributed by atoms with van der Waals surface area (Å²) in [6.07, 6.45) is 8.36. The molecular weight excluding hydrogens is 280 g/mol. The van der Waals surface area contributed by atoms with Crippen LogP contribution in [0.5, 0.6) is 0 Å². The quantitative estimate of drug-likeness (QED) is 0.584. The van der Waals surface area contributed by atoms with Gasteiger partial charge in [-0.25, -0.2) is 18.1 Å². The van der Waals surface area contributed by atoms with Crippen LogP contribution in [0.15, 0.2) is 29.9 Å². The van der Waals surface area contributed by atoms with Crippen LogP contribution < -0.4 is 10.5 Å². The smallest absolute Gasteiger partial charge is 0.257 e. The summed E-state index contributed by atoms with van der Waals surface area (Å²) < 4.78 is 28.5. The number of H-pyrrole nitrogens is 1. The first kappa shape index (κ1) is 14.7. The zero-order chi connectivity index (χ0) is 14.4. The highest BCUT2D eigenvalue weighted by atomic mass is 32.2. The number of nitrogens with two attached hydrogens (primary N) is 1. The van der Waals surface area contributed by atoms with Crippen LogP contribution in [-0.2, 0) is 23.1 Å². The third-order valence-electron chi connectivity index (χ3n) is 2.86. The molecule has 0 bridgehead atoms. The molecule has 0 amide bonds. The Bertz CT molecular complexity index is 619. The van der Waals surface area contributed by atoms with Gasteiger partial charge in [0.25, 0.3) is 10.0 Å². The van der Waals surface area contributed by atoms with Gasteiger partial charge in [0.05, 0.1) is 12.5 Å². The summed E-state index contributed by atoms with van der Waals surface area (Å²) in [5.74, 6) is 0. The number of unbranched alkanes of at least 4 members (excludes halogenated alkanes) is 1.